The molecule has 1 saturated heterocycles. The fourth-order valence-corrected chi connectivity index (χ4v) is 3.12. The molecule has 0 aliphatic carbocycles. The number of thioether (sulfide) groups is 1. The number of carbonyl (C=O) groups is 2. The third-order valence-electron chi connectivity index (χ3n) is 3.05. The van der Waals surface area contributed by atoms with Crippen LogP contribution < -0.4 is 5.11 Å². The summed E-state index contributed by atoms with van der Waals surface area (Å²) in [4.78, 5) is 34.3. The molecule has 1 aliphatic heterocycles. The Morgan fingerprint density at radius 1 is 1.33 bits per heavy atom. The van der Waals surface area contributed by atoms with Gasteiger partial charge < -0.3 is 9.90 Å². The Balaban J connectivity index is 2.03. The number of hydrogen-bond donors (Lipinski definition) is 0. The number of nitrogens with zero attached hydrogens (tertiary/aromatic N) is 2. The van der Waals surface area contributed by atoms with Crippen molar-refractivity contribution in [3.63, 3.8) is 0 Å². The molecule has 7 nitrogen and oxygen atoms in total. The molecule has 1 fully saturated rings. The number of non-ortho nitro benzene ring substituents is 1. The molecule has 0 bridgehead atoms. The van der Waals surface area contributed by atoms with Crippen molar-refractivity contribution in [2.45, 2.75) is 6.42 Å². The average Bonchev–Trinajstić information content (AvgIpc) is 2.80. The largest absolute Gasteiger partial charge is 0.550 e. The van der Waals surface area contributed by atoms with Crippen molar-refractivity contribution in [3.8, 4) is 0 Å². The van der Waals surface area contributed by atoms with Gasteiger partial charge in [0, 0.05) is 31.1 Å². The number of aliphatic carboxylic acids is 1. The second-order valence-electron chi connectivity index (χ2n) is 4.69. The Bertz CT molecular complexity index is 756. The molecule has 0 spiro atoms. The second kappa shape index (κ2) is 7.84. The second-order valence-corrected chi connectivity index (χ2v) is 6.36. The lowest BCUT2D eigenvalue weighted by molar-refractivity contribution is -0.384. The van der Waals surface area contributed by atoms with Gasteiger partial charge in [0.15, 0.2) is 0 Å². The summed E-state index contributed by atoms with van der Waals surface area (Å²) >= 11 is 6.15. The summed E-state index contributed by atoms with van der Waals surface area (Å²) in [6, 6.07) is 5.96. The zero-order valence-corrected chi connectivity index (χ0v) is 13.8. The number of hydrogen-bond acceptors (Lipinski definition) is 7. The molecule has 1 aliphatic rings. The van der Waals surface area contributed by atoms with Crippen molar-refractivity contribution in [1.82, 2.24) is 4.90 Å². The first-order valence-corrected chi connectivity index (χ1v) is 7.97. The Labute approximate surface area is 146 Å². The van der Waals surface area contributed by atoms with Gasteiger partial charge in [-0.1, -0.05) is 36.1 Å². The van der Waals surface area contributed by atoms with E-state index < -0.39 is 10.9 Å². The lowest BCUT2D eigenvalue weighted by atomic mass is 10.2. The number of nitro groups is 1. The van der Waals surface area contributed by atoms with Crippen LogP contribution >= 0.6 is 24.0 Å². The molecule has 0 N–H and O–H groups in total. The number of carboxylic acids is 1. The van der Waals surface area contributed by atoms with Crippen LogP contribution in [0.2, 0.25) is 0 Å². The summed E-state index contributed by atoms with van der Waals surface area (Å²) in [5, 5.41) is 21.1. The van der Waals surface area contributed by atoms with Gasteiger partial charge in [0.1, 0.15) is 4.32 Å². The van der Waals surface area contributed by atoms with Gasteiger partial charge >= 0.3 is 0 Å². The predicted octanol–water partition coefficient (Wildman–Crippen LogP) is 1.49. The highest BCUT2D eigenvalue weighted by atomic mass is 32.2. The topological polar surface area (TPSA) is 104 Å². The zero-order chi connectivity index (χ0) is 17.7. The molecule has 0 saturated carbocycles. The van der Waals surface area contributed by atoms with E-state index in [9.17, 15) is 24.8 Å². The van der Waals surface area contributed by atoms with E-state index in [4.69, 9.17) is 12.2 Å². The Kier molecular flexibility index (Phi) is 5.83. The van der Waals surface area contributed by atoms with E-state index in [0.717, 1.165) is 17.3 Å². The Hall–Kier alpha value is -2.52. The molecule has 0 aromatic heterocycles. The quantitative estimate of drug-likeness (QED) is 0.326. The number of nitro benzene ring substituents is 1. The molecule has 0 atom stereocenters. The van der Waals surface area contributed by atoms with E-state index in [1.165, 1.54) is 17.0 Å². The van der Waals surface area contributed by atoms with Gasteiger partial charge in [-0.05, 0) is 23.8 Å². The minimum absolute atomic E-state index is 0.000872. The molecule has 9 heteroatoms. The predicted molar refractivity (Wildman–Crippen MR) is 91.7 cm³/mol. The fourth-order valence-electron chi connectivity index (χ4n) is 1.86. The maximum absolute atomic E-state index is 12.1. The smallest absolute Gasteiger partial charge is 0.269 e. The molecule has 1 aromatic rings. The summed E-state index contributed by atoms with van der Waals surface area (Å²) in [5.41, 5.74) is 0.741. The molecule has 124 valence electrons. The summed E-state index contributed by atoms with van der Waals surface area (Å²) in [7, 11) is 0. The Morgan fingerprint density at radius 2 is 2.00 bits per heavy atom. The van der Waals surface area contributed by atoms with Gasteiger partial charge in [-0.2, -0.15) is 0 Å². The molecular weight excluding hydrogens is 352 g/mol. The first-order chi connectivity index (χ1) is 11.4. The van der Waals surface area contributed by atoms with Gasteiger partial charge in [-0.25, -0.2) is 0 Å². The van der Waals surface area contributed by atoms with E-state index in [2.05, 4.69) is 0 Å². The van der Waals surface area contributed by atoms with E-state index >= 15 is 0 Å². The highest BCUT2D eigenvalue weighted by molar-refractivity contribution is 8.26. The molecule has 0 radical (unpaired) electrons. The van der Waals surface area contributed by atoms with Crippen LogP contribution in [0.25, 0.3) is 6.08 Å². The zero-order valence-electron chi connectivity index (χ0n) is 12.2. The summed E-state index contributed by atoms with van der Waals surface area (Å²) < 4.78 is 0.302. The number of benzene rings is 1. The summed E-state index contributed by atoms with van der Waals surface area (Å²) in [5.74, 6) is -1.59. The maximum atomic E-state index is 12.1. The highest BCUT2D eigenvalue weighted by Crippen LogP contribution is 2.31. The fraction of sp³-hybridized carbons (Fsp3) is 0.133. The summed E-state index contributed by atoms with van der Waals surface area (Å²) in [6.07, 6.45) is 4.61. The molecular formula is C15H11N2O5S2-. The molecule has 2 rings (SSSR count). The number of amides is 1. The maximum Gasteiger partial charge on any atom is 0.269 e. The number of carboxylic acid groups (broad SMARTS) is 1. The first kappa shape index (κ1) is 17.8. The van der Waals surface area contributed by atoms with Gasteiger partial charge in [0.25, 0.3) is 11.6 Å². The lowest BCUT2D eigenvalue weighted by Gasteiger charge is -2.14. The van der Waals surface area contributed by atoms with Gasteiger partial charge in [0.05, 0.1) is 9.83 Å². The molecule has 1 amide bonds. The van der Waals surface area contributed by atoms with Gasteiger partial charge in [0.2, 0.25) is 0 Å². The number of rotatable bonds is 6. The van der Waals surface area contributed by atoms with E-state index in [1.807, 2.05) is 0 Å². The molecule has 0 unspecified atom stereocenters. The minimum atomic E-state index is -1.24. The van der Waals surface area contributed by atoms with Crippen LogP contribution in [0.5, 0.6) is 0 Å². The van der Waals surface area contributed by atoms with Crippen molar-refractivity contribution in [2.24, 2.45) is 0 Å². The first-order valence-electron chi connectivity index (χ1n) is 6.75. The Morgan fingerprint density at radius 3 is 2.58 bits per heavy atom. The van der Waals surface area contributed by atoms with Crippen LogP contribution in [0.3, 0.4) is 0 Å². The number of thiocarbonyl (C=S) groups is 1. The van der Waals surface area contributed by atoms with Crippen molar-refractivity contribution in [1.29, 1.82) is 0 Å². The van der Waals surface area contributed by atoms with Crippen molar-refractivity contribution in [3.05, 3.63) is 57.0 Å². The molecule has 24 heavy (non-hydrogen) atoms. The number of carbonyl (C=O) groups excluding carboxylic acids is 2. The van der Waals surface area contributed by atoms with Crippen molar-refractivity contribution < 1.29 is 19.6 Å². The van der Waals surface area contributed by atoms with Gasteiger partial charge in [-0.15, -0.1) is 0 Å². The van der Waals surface area contributed by atoms with Crippen molar-refractivity contribution in [2.75, 3.05) is 6.54 Å². The minimum Gasteiger partial charge on any atom is -0.550 e. The van der Waals surface area contributed by atoms with Gasteiger partial charge in [-0.3, -0.25) is 19.8 Å². The average molecular weight is 363 g/mol. The third kappa shape index (κ3) is 4.49. The van der Waals surface area contributed by atoms with E-state index in [0.29, 0.717) is 9.23 Å². The number of allylic oxidation sites excluding steroid dienone is 2. The van der Waals surface area contributed by atoms with Crippen molar-refractivity contribution >= 4 is 51.9 Å². The van der Waals surface area contributed by atoms with E-state index in [-0.39, 0.29) is 24.6 Å². The molecule has 1 heterocycles. The van der Waals surface area contributed by atoms with E-state index in [1.54, 1.807) is 30.4 Å². The standard InChI is InChI=1S/C15H12N2O5S2/c18-13(19)8-9-16-14(20)12(24-15(16)23)3-1-2-10-4-6-11(7-5-10)17(21)22/h1-7H,8-9H2,(H,18,19)/p-1. The van der Waals surface area contributed by atoms with Crippen LogP contribution in [0, 0.1) is 10.1 Å². The van der Waals surface area contributed by atoms with Crippen LogP contribution in [-0.4, -0.2) is 32.6 Å². The molecule has 1 aromatic carbocycles. The lowest BCUT2D eigenvalue weighted by Crippen LogP contribution is -2.33. The highest BCUT2D eigenvalue weighted by Gasteiger charge is 2.31. The third-order valence-corrected chi connectivity index (χ3v) is 4.45. The monoisotopic (exact) mass is 363 g/mol. The SMILES string of the molecule is O=C([O-])CCN1C(=O)C(=CC=Cc2ccc([N+](=O)[O-])cc2)SC1=S. The van der Waals surface area contributed by atoms with Crippen LogP contribution in [0.1, 0.15) is 12.0 Å². The van der Waals surface area contributed by atoms with Crippen LogP contribution in [0.15, 0.2) is 41.3 Å². The van der Waals surface area contributed by atoms with Crippen LogP contribution in [0.4, 0.5) is 5.69 Å². The normalized spacial score (nSPS) is 16.3. The summed E-state index contributed by atoms with van der Waals surface area (Å²) in [6.45, 7) is -0.0175. The van der Waals surface area contributed by atoms with Crippen LogP contribution in [-0.2, 0) is 9.59 Å².